The van der Waals surface area contributed by atoms with E-state index in [1.54, 1.807) is 0 Å². The average molecular weight is 262 g/mol. The van der Waals surface area contributed by atoms with Crippen molar-refractivity contribution in [2.75, 3.05) is 5.33 Å². The average Bonchev–Trinajstić information content (AvgIpc) is 2.45. The summed E-state index contributed by atoms with van der Waals surface area (Å²) in [7, 11) is 0. The van der Waals surface area contributed by atoms with Crippen molar-refractivity contribution in [3.05, 3.63) is 0 Å². The fourth-order valence-electron chi connectivity index (χ4n) is 2.22. The van der Waals surface area contributed by atoms with Gasteiger partial charge in [-0.05, 0) is 25.7 Å². The SMILES string of the molecule is C[C@H](NC(=O)CBr)C1CCCCCC1. The lowest BCUT2D eigenvalue weighted by Crippen LogP contribution is -2.38. The van der Waals surface area contributed by atoms with Gasteiger partial charge in [-0.2, -0.15) is 0 Å². The zero-order valence-electron chi connectivity index (χ0n) is 8.89. The molecule has 3 heteroatoms. The second-order valence-electron chi connectivity index (χ2n) is 4.24. The largest absolute Gasteiger partial charge is 0.353 e. The van der Waals surface area contributed by atoms with E-state index in [0.29, 0.717) is 17.3 Å². The summed E-state index contributed by atoms with van der Waals surface area (Å²) in [6.07, 6.45) is 7.97. The number of nitrogens with one attached hydrogen (secondary N) is 1. The zero-order chi connectivity index (χ0) is 10.4. The lowest BCUT2D eigenvalue weighted by atomic mass is 9.93. The number of halogens is 1. The Labute approximate surface area is 95.0 Å². The molecule has 14 heavy (non-hydrogen) atoms. The monoisotopic (exact) mass is 261 g/mol. The molecule has 1 aliphatic rings. The van der Waals surface area contributed by atoms with Crippen molar-refractivity contribution in [1.82, 2.24) is 5.32 Å². The van der Waals surface area contributed by atoms with E-state index in [2.05, 4.69) is 28.2 Å². The van der Waals surface area contributed by atoms with Crippen LogP contribution in [-0.2, 0) is 4.79 Å². The molecule has 1 amide bonds. The second kappa shape index (κ2) is 6.44. The highest BCUT2D eigenvalue weighted by molar-refractivity contribution is 9.09. The molecule has 2 nitrogen and oxygen atoms in total. The van der Waals surface area contributed by atoms with E-state index < -0.39 is 0 Å². The van der Waals surface area contributed by atoms with Gasteiger partial charge in [0.15, 0.2) is 0 Å². The summed E-state index contributed by atoms with van der Waals surface area (Å²) in [5.41, 5.74) is 0. The summed E-state index contributed by atoms with van der Waals surface area (Å²) in [6, 6.07) is 0.346. The molecular weight excluding hydrogens is 242 g/mol. The number of amides is 1. The van der Waals surface area contributed by atoms with E-state index >= 15 is 0 Å². The van der Waals surface area contributed by atoms with Gasteiger partial charge in [0.05, 0.1) is 5.33 Å². The summed E-state index contributed by atoms with van der Waals surface area (Å²) in [5.74, 6) is 0.808. The molecular formula is C11H20BrNO. The van der Waals surface area contributed by atoms with E-state index in [1.165, 1.54) is 38.5 Å². The number of hydrogen-bond donors (Lipinski definition) is 1. The van der Waals surface area contributed by atoms with Gasteiger partial charge in [0.2, 0.25) is 5.91 Å². The lowest BCUT2D eigenvalue weighted by Gasteiger charge is -2.23. The molecule has 0 aromatic carbocycles. The third-order valence-electron chi connectivity index (χ3n) is 3.12. The summed E-state index contributed by atoms with van der Waals surface area (Å²) in [6.45, 7) is 2.14. The summed E-state index contributed by atoms with van der Waals surface area (Å²) >= 11 is 3.17. The molecule has 0 aromatic rings. The molecule has 1 rings (SSSR count). The van der Waals surface area contributed by atoms with Gasteiger partial charge in [0.1, 0.15) is 0 Å². The van der Waals surface area contributed by atoms with Crippen LogP contribution in [0.5, 0.6) is 0 Å². The van der Waals surface area contributed by atoms with Crippen molar-refractivity contribution in [3.8, 4) is 0 Å². The molecule has 1 N–H and O–H groups in total. The minimum atomic E-state index is 0.113. The molecule has 0 spiro atoms. The van der Waals surface area contributed by atoms with Gasteiger partial charge < -0.3 is 5.32 Å². The molecule has 0 aromatic heterocycles. The van der Waals surface area contributed by atoms with Crippen LogP contribution in [0.3, 0.4) is 0 Å². The normalized spacial score (nSPS) is 21.3. The Bertz CT molecular complexity index is 176. The van der Waals surface area contributed by atoms with Crippen LogP contribution in [0.15, 0.2) is 0 Å². The van der Waals surface area contributed by atoms with Gasteiger partial charge in [-0.1, -0.05) is 41.6 Å². The van der Waals surface area contributed by atoms with Gasteiger partial charge >= 0.3 is 0 Å². The molecule has 1 atom stereocenters. The predicted octanol–water partition coefficient (Wildman–Crippen LogP) is 2.86. The molecule has 0 heterocycles. The Morgan fingerprint density at radius 1 is 1.36 bits per heavy atom. The van der Waals surface area contributed by atoms with Crippen LogP contribution >= 0.6 is 15.9 Å². The van der Waals surface area contributed by atoms with Crippen molar-refractivity contribution in [2.24, 2.45) is 5.92 Å². The third-order valence-corrected chi connectivity index (χ3v) is 3.63. The third kappa shape index (κ3) is 3.99. The Morgan fingerprint density at radius 2 is 1.93 bits per heavy atom. The van der Waals surface area contributed by atoms with Crippen molar-refractivity contribution in [2.45, 2.75) is 51.5 Å². The fraction of sp³-hybridized carbons (Fsp3) is 0.909. The van der Waals surface area contributed by atoms with Crippen LogP contribution in [0.1, 0.15) is 45.4 Å². The summed E-state index contributed by atoms with van der Waals surface area (Å²) in [4.78, 5) is 11.2. The first kappa shape index (κ1) is 12.0. The Morgan fingerprint density at radius 3 is 2.43 bits per heavy atom. The maximum atomic E-state index is 11.2. The van der Waals surface area contributed by atoms with Crippen LogP contribution in [0.25, 0.3) is 0 Å². The highest BCUT2D eigenvalue weighted by Gasteiger charge is 2.19. The molecule has 0 radical (unpaired) electrons. The first-order valence-corrected chi connectivity index (χ1v) is 6.71. The number of rotatable bonds is 3. The van der Waals surface area contributed by atoms with E-state index in [0.717, 1.165) is 0 Å². The molecule has 0 unspecified atom stereocenters. The Hall–Kier alpha value is -0.0500. The van der Waals surface area contributed by atoms with Crippen molar-refractivity contribution in [1.29, 1.82) is 0 Å². The van der Waals surface area contributed by atoms with Gasteiger partial charge in [-0.25, -0.2) is 0 Å². The van der Waals surface area contributed by atoms with Crippen LogP contribution in [-0.4, -0.2) is 17.3 Å². The van der Waals surface area contributed by atoms with E-state index in [-0.39, 0.29) is 5.91 Å². The van der Waals surface area contributed by atoms with Crippen LogP contribution in [0, 0.1) is 5.92 Å². The van der Waals surface area contributed by atoms with Gasteiger partial charge in [0, 0.05) is 6.04 Å². The highest BCUT2D eigenvalue weighted by atomic mass is 79.9. The molecule has 82 valence electrons. The van der Waals surface area contributed by atoms with Gasteiger partial charge in [-0.3, -0.25) is 4.79 Å². The Kier molecular flexibility index (Phi) is 5.53. The van der Waals surface area contributed by atoms with Crippen LogP contribution in [0.4, 0.5) is 0 Å². The predicted molar refractivity (Wildman–Crippen MR) is 62.6 cm³/mol. The first-order chi connectivity index (χ1) is 6.74. The number of carbonyl (C=O) groups is 1. The summed E-state index contributed by atoms with van der Waals surface area (Å²) in [5, 5.41) is 3.46. The molecule has 1 fully saturated rings. The highest BCUT2D eigenvalue weighted by Crippen LogP contribution is 2.25. The van der Waals surface area contributed by atoms with Crippen molar-refractivity contribution >= 4 is 21.8 Å². The van der Waals surface area contributed by atoms with Crippen molar-refractivity contribution in [3.63, 3.8) is 0 Å². The quantitative estimate of drug-likeness (QED) is 0.615. The first-order valence-electron chi connectivity index (χ1n) is 5.59. The van der Waals surface area contributed by atoms with E-state index in [1.807, 2.05) is 0 Å². The molecule has 0 aliphatic heterocycles. The molecule has 0 saturated heterocycles. The van der Waals surface area contributed by atoms with Crippen molar-refractivity contribution < 1.29 is 4.79 Å². The van der Waals surface area contributed by atoms with Crippen LogP contribution in [0.2, 0.25) is 0 Å². The Balaban J connectivity index is 2.33. The molecule has 0 bridgehead atoms. The topological polar surface area (TPSA) is 29.1 Å². The maximum absolute atomic E-state index is 11.2. The summed E-state index contributed by atoms with van der Waals surface area (Å²) < 4.78 is 0. The minimum absolute atomic E-state index is 0.113. The standard InChI is InChI=1S/C11H20BrNO/c1-9(13-11(14)8-12)10-6-4-2-3-5-7-10/h9-10H,2-8H2,1H3,(H,13,14)/t9-/m0/s1. The van der Waals surface area contributed by atoms with Gasteiger partial charge in [-0.15, -0.1) is 0 Å². The van der Waals surface area contributed by atoms with E-state index in [4.69, 9.17) is 0 Å². The lowest BCUT2D eigenvalue weighted by molar-refractivity contribution is -0.119. The number of carbonyl (C=O) groups excluding carboxylic acids is 1. The van der Waals surface area contributed by atoms with E-state index in [9.17, 15) is 4.79 Å². The molecule has 1 aliphatic carbocycles. The fourth-order valence-corrected chi connectivity index (χ4v) is 2.38. The number of hydrogen-bond acceptors (Lipinski definition) is 1. The van der Waals surface area contributed by atoms with Gasteiger partial charge in [0.25, 0.3) is 0 Å². The minimum Gasteiger partial charge on any atom is -0.353 e. The maximum Gasteiger partial charge on any atom is 0.230 e. The number of alkyl halides is 1. The molecule has 1 saturated carbocycles. The second-order valence-corrected chi connectivity index (χ2v) is 4.80. The van der Waals surface area contributed by atoms with Crippen LogP contribution < -0.4 is 5.32 Å². The zero-order valence-corrected chi connectivity index (χ0v) is 10.5. The smallest absolute Gasteiger partial charge is 0.230 e.